The number of aryl methyl sites for hydroxylation is 1. The first kappa shape index (κ1) is 18.7. The number of nitrogens with zero attached hydrogens (tertiary/aromatic N) is 1. The van der Waals surface area contributed by atoms with Crippen LogP contribution in [0.25, 0.3) is 10.9 Å². The third-order valence-electron chi connectivity index (χ3n) is 4.72. The van der Waals surface area contributed by atoms with Gasteiger partial charge in [-0.05, 0) is 43.0 Å². The minimum atomic E-state index is -1.04. The Hall–Kier alpha value is -3.08. The van der Waals surface area contributed by atoms with E-state index in [1.165, 1.54) is 4.57 Å². The number of carboxylic acids is 1. The van der Waals surface area contributed by atoms with Crippen LogP contribution in [0.5, 0.6) is 5.75 Å². The van der Waals surface area contributed by atoms with Gasteiger partial charge in [-0.1, -0.05) is 44.2 Å². The molecule has 0 bridgehead atoms. The molecule has 0 aliphatic rings. The second-order valence-electron chi connectivity index (χ2n) is 7.00. The van der Waals surface area contributed by atoms with Crippen molar-refractivity contribution < 1.29 is 19.4 Å². The predicted molar refractivity (Wildman–Crippen MR) is 105 cm³/mol. The van der Waals surface area contributed by atoms with E-state index in [0.717, 1.165) is 11.1 Å². The van der Waals surface area contributed by atoms with E-state index in [1.54, 1.807) is 31.2 Å². The van der Waals surface area contributed by atoms with Crippen LogP contribution in [0.15, 0.2) is 42.5 Å². The molecule has 1 heterocycles. The second-order valence-corrected chi connectivity index (χ2v) is 7.00. The van der Waals surface area contributed by atoms with Gasteiger partial charge in [-0.2, -0.15) is 0 Å². The van der Waals surface area contributed by atoms with Crippen molar-refractivity contribution in [2.45, 2.75) is 33.6 Å². The zero-order valence-corrected chi connectivity index (χ0v) is 15.9. The summed E-state index contributed by atoms with van der Waals surface area (Å²) in [6.45, 7) is 7.60. The van der Waals surface area contributed by atoms with Crippen molar-refractivity contribution in [3.63, 3.8) is 0 Å². The second kappa shape index (κ2) is 7.27. The Morgan fingerprint density at radius 2 is 1.81 bits per heavy atom. The molecule has 0 radical (unpaired) electrons. The molecule has 140 valence electrons. The Balaban J connectivity index is 1.96. The van der Waals surface area contributed by atoms with Crippen molar-refractivity contribution in [1.29, 1.82) is 0 Å². The molecule has 27 heavy (non-hydrogen) atoms. The van der Waals surface area contributed by atoms with Gasteiger partial charge >= 0.3 is 5.97 Å². The number of para-hydroxylation sites is 1. The fourth-order valence-electron chi connectivity index (χ4n) is 3.41. The van der Waals surface area contributed by atoms with Gasteiger partial charge in [0.2, 0.25) is 0 Å². The molecule has 5 nitrogen and oxygen atoms in total. The standard InChI is InChI=1S/C22H23NO4/c1-13(2)16-10-9-14(3)11-19(16)27-12-20(24)23-15(4)21(22(25)26)17-7-5-6-8-18(17)23/h5-11,13H,12H2,1-4H3,(H,25,26). The number of carbonyl (C=O) groups excluding carboxylic acids is 1. The largest absolute Gasteiger partial charge is 0.483 e. The highest BCUT2D eigenvalue weighted by atomic mass is 16.5. The van der Waals surface area contributed by atoms with Crippen molar-refractivity contribution in [2.75, 3.05) is 6.61 Å². The first-order valence-corrected chi connectivity index (χ1v) is 8.91. The third-order valence-corrected chi connectivity index (χ3v) is 4.72. The van der Waals surface area contributed by atoms with Crippen molar-refractivity contribution in [3.8, 4) is 5.75 Å². The van der Waals surface area contributed by atoms with Gasteiger partial charge in [0.15, 0.2) is 6.61 Å². The average Bonchev–Trinajstić information content (AvgIpc) is 2.91. The third kappa shape index (κ3) is 3.45. The molecule has 0 aliphatic heterocycles. The molecule has 0 saturated carbocycles. The summed E-state index contributed by atoms with van der Waals surface area (Å²) in [6, 6.07) is 13.0. The summed E-state index contributed by atoms with van der Waals surface area (Å²) in [5.41, 5.74) is 3.23. The van der Waals surface area contributed by atoms with E-state index >= 15 is 0 Å². The highest BCUT2D eigenvalue weighted by molar-refractivity contribution is 6.08. The molecule has 3 aromatic rings. The molecular formula is C22H23NO4. The predicted octanol–water partition coefficient (Wildman–Crippen LogP) is 4.80. The fourth-order valence-corrected chi connectivity index (χ4v) is 3.41. The average molecular weight is 365 g/mol. The molecule has 0 atom stereocenters. The van der Waals surface area contributed by atoms with Gasteiger partial charge in [-0.15, -0.1) is 0 Å². The van der Waals surface area contributed by atoms with Crippen LogP contribution >= 0.6 is 0 Å². The Morgan fingerprint density at radius 3 is 2.48 bits per heavy atom. The molecule has 0 unspecified atom stereocenters. The number of carboxylic acid groups (broad SMARTS) is 1. The van der Waals surface area contributed by atoms with E-state index in [9.17, 15) is 14.7 Å². The zero-order chi connectivity index (χ0) is 19.7. The normalized spacial score (nSPS) is 11.1. The molecule has 1 aromatic heterocycles. The van der Waals surface area contributed by atoms with Crippen molar-refractivity contribution in [1.82, 2.24) is 4.57 Å². The molecule has 0 aliphatic carbocycles. The highest BCUT2D eigenvalue weighted by Gasteiger charge is 2.23. The van der Waals surface area contributed by atoms with Crippen LogP contribution in [0.3, 0.4) is 0 Å². The molecule has 1 N–H and O–H groups in total. The van der Waals surface area contributed by atoms with Gasteiger partial charge in [-0.3, -0.25) is 9.36 Å². The van der Waals surface area contributed by atoms with Crippen LogP contribution in [-0.2, 0) is 0 Å². The number of aromatic nitrogens is 1. The topological polar surface area (TPSA) is 68.5 Å². The SMILES string of the molecule is Cc1ccc(C(C)C)c(OCC(=O)n2c(C)c(C(=O)O)c3ccccc32)c1. The van der Waals surface area contributed by atoms with E-state index < -0.39 is 5.97 Å². The maximum absolute atomic E-state index is 12.9. The number of rotatable bonds is 5. The number of hydrogen-bond acceptors (Lipinski definition) is 3. The minimum Gasteiger partial charge on any atom is -0.483 e. The summed E-state index contributed by atoms with van der Waals surface area (Å²) in [5.74, 6) is -0.390. The van der Waals surface area contributed by atoms with Crippen LogP contribution in [-0.4, -0.2) is 28.2 Å². The molecule has 0 amide bonds. The van der Waals surface area contributed by atoms with Crippen LogP contribution in [0, 0.1) is 13.8 Å². The number of carbonyl (C=O) groups is 2. The Morgan fingerprint density at radius 1 is 1.11 bits per heavy atom. The lowest BCUT2D eigenvalue weighted by Gasteiger charge is -2.15. The van der Waals surface area contributed by atoms with Crippen molar-refractivity contribution >= 4 is 22.8 Å². The monoisotopic (exact) mass is 365 g/mol. The quantitative estimate of drug-likeness (QED) is 0.705. The molecular weight excluding hydrogens is 342 g/mol. The number of benzene rings is 2. The maximum Gasteiger partial charge on any atom is 0.338 e. The molecule has 2 aromatic carbocycles. The lowest BCUT2D eigenvalue weighted by molar-refractivity contribution is 0.0698. The van der Waals surface area contributed by atoms with Gasteiger partial charge in [0, 0.05) is 11.1 Å². The van der Waals surface area contributed by atoms with E-state index in [2.05, 4.69) is 13.8 Å². The Kier molecular flexibility index (Phi) is 5.04. The molecule has 5 heteroatoms. The summed E-state index contributed by atoms with van der Waals surface area (Å²) in [6.07, 6.45) is 0. The highest BCUT2D eigenvalue weighted by Crippen LogP contribution is 2.29. The molecule has 3 rings (SSSR count). The first-order chi connectivity index (χ1) is 12.8. The smallest absolute Gasteiger partial charge is 0.338 e. The van der Waals surface area contributed by atoms with E-state index in [0.29, 0.717) is 22.3 Å². The van der Waals surface area contributed by atoms with E-state index in [4.69, 9.17) is 4.74 Å². The van der Waals surface area contributed by atoms with Crippen LogP contribution in [0.2, 0.25) is 0 Å². The maximum atomic E-state index is 12.9. The van der Waals surface area contributed by atoms with E-state index in [1.807, 2.05) is 25.1 Å². The molecule has 0 saturated heterocycles. The van der Waals surface area contributed by atoms with Crippen molar-refractivity contribution in [3.05, 3.63) is 64.8 Å². The zero-order valence-electron chi connectivity index (χ0n) is 15.9. The van der Waals surface area contributed by atoms with Gasteiger partial charge in [0.1, 0.15) is 5.75 Å². The summed E-state index contributed by atoms with van der Waals surface area (Å²) in [7, 11) is 0. The number of hydrogen-bond donors (Lipinski definition) is 1. The van der Waals surface area contributed by atoms with Gasteiger partial charge < -0.3 is 9.84 Å². The van der Waals surface area contributed by atoms with Crippen molar-refractivity contribution in [2.24, 2.45) is 0 Å². The first-order valence-electron chi connectivity index (χ1n) is 8.91. The minimum absolute atomic E-state index is 0.150. The lowest BCUT2D eigenvalue weighted by atomic mass is 10.0. The van der Waals surface area contributed by atoms with Crippen LogP contribution in [0.1, 0.15) is 51.7 Å². The summed E-state index contributed by atoms with van der Waals surface area (Å²) < 4.78 is 7.29. The fraction of sp³-hybridized carbons (Fsp3) is 0.273. The van der Waals surface area contributed by atoms with E-state index in [-0.39, 0.29) is 24.0 Å². The molecule has 0 spiro atoms. The Bertz CT molecular complexity index is 1030. The summed E-state index contributed by atoms with van der Waals surface area (Å²) in [5, 5.41) is 10.1. The number of ether oxygens (including phenoxy) is 1. The van der Waals surface area contributed by atoms with Gasteiger partial charge in [0.25, 0.3) is 5.91 Å². The Labute approximate surface area is 158 Å². The van der Waals surface area contributed by atoms with Crippen LogP contribution in [0.4, 0.5) is 0 Å². The van der Waals surface area contributed by atoms with Crippen LogP contribution < -0.4 is 4.74 Å². The van der Waals surface area contributed by atoms with Gasteiger partial charge in [-0.25, -0.2) is 4.79 Å². The summed E-state index contributed by atoms with van der Waals surface area (Å²) >= 11 is 0. The number of fused-ring (bicyclic) bond motifs is 1. The van der Waals surface area contributed by atoms with Gasteiger partial charge in [0.05, 0.1) is 11.1 Å². The summed E-state index contributed by atoms with van der Waals surface area (Å²) in [4.78, 5) is 24.6. The number of aromatic carboxylic acids is 1. The molecule has 0 fully saturated rings. The lowest BCUT2D eigenvalue weighted by Crippen LogP contribution is -2.21.